The standard InChI is InChI=1S/C18H30N2O/c1-3-12-21-18-9-8-16(14-17(18)19)13-15(2)20-10-6-4-5-7-11-20/h8-9,14-15H,3-7,10-13,19H2,1-2H3. The van der Waals surface area contributed by atoms with E-state index in [-0.39, 0.29) is 0 Å². The van der Waals surface area contributed by atoms with Gasteiger partial charge in [0, 0.05) is 6.04 Å². The molecule has 3 nitrogen and oxygen atoms in total. The molecule has 118 valence electrons. The summed E-state index contributed by atoms with van der Waals surface area (Å²) in [5.74, 6) is 0.822. The fraction of sp³-hybridized carbons (Fsp3) is 0.667. The molecule has 1 unspecified atom stereocenters. The predicted octanol–water partition coefficient (Wildman–Crippen LogP) is 3.86. The number of likely N-dealkylation sites (tertiary alicyclic amines) is 1. The Labute approximate surface area is 129 Å². The monoisotopic (exact) mass is 290 g/mol. The lowest BCUT2D eigenvalue weighted by molar-refractivity contribution is 0.216. The first-order valence-electron chi connectivity index (χ1n) is 8.46. The quantitative estimate of drug-likeness (QED) is 0.808. The molecule has 1 aromatic carbocycles. The van der Waals surface area contributed by atoms with E-state index < -0.39 is 0 Å². The van der Waals surface area contributed by atoms with Crippen molar-refractivity contribution >= 4 is 5.69 Å². The van der Waals surface area contributed by atoms with E-state index >= 15 is 0 Å². The Morgan fingerprint density at radius 3 is 2.52 bits per heavy atom. The summed E-state index contributed by atoms with van der Waals surface area (Å²) in [7, 11) is 0. The van der Waals surface area contributed by atoms with Crippen molar-refractivity contribution in [2.45, 2.75) is 58.4 Å². The van der Waals surface area contributed by atoms with Gasteiger partial charge in [0.25, 0.3) is 0 Å². The van der Waals surface area contributed by atoms with Gasteiger partial charge in [-0.05, 0) is 63.4 Å². The van der Waals surface area contributed by atoms with E-state index in [1.54, 1.807) is 0 Å². The minimum atomic E-state index is 0.588. The predicted molar refractivity (Wildman–Crippen MR) is 89.8 cm³/mol. The maximum Gasteiger partial charge on any atom is 0.142 e. The third-order valence-corrected chi connectivity index (χ3v) is 4.33. The van der Waals surface area contributed by atoms with Crippen LogP contribution in [0.5, 0.6) is 5.75 Å². The van der Waals surface area contributed by atoms with E-state index in [1.165, 1.54) is 44.3 Å². The third kappa shape index (κ3) is 4.92. The van der Waals surface area contributed by atoms with Crippen LogP contribution in [0.2, 0.25) is 0 Å². The van der Waals surface area contributed by atoms with Crippen molar-refractivity contribution in [3.8, 4) is 5.75 Å². The summed E-state index contributed by atoms with van der Waals surface area (Å²) in [6.07, 6.45) is 7.54. The lowest BCUT2D eigenvalue weighted by atomic mass is 10.0. The Morgan fingerprint density at radius 2 is 1.90 bits per heavy atom. The fourth-order valence-electron chi connectivity index (χ4n) is 3.07. The highest BCUT2D eigenvalue weighted by atomic mass is 16.5. The molecule has 1 saturated heterocycles. The molecule has 2 rings (SSSR count). The van der Waals surface area contributed by atoms with Crippen molar-refractivity contribution in [3.05, 3.63) is 23.8 Å². The molecule has 1 fully saturated rings. The fourth-order valence-corrected chi connectivity index (χ4v) is 3.07. The Kier molecular flexibility index (Phi) is 6.37. The van der Waals surface area contributed by atoms with Gasteiger partial charge in [-0.3, -0.25) is 0 Å². The van der Waals surface area contributed by atoms with Crippen molar-refractivity contribution in [1.82, 2.24) is 4.90 Å². The van der Waals surface area contributed by atoms with Crippen molar-refractivity contribution in [3.63, 3.8) is 0 Å². The van der Waals surface area contributed by atoms with Gasteiger partial charge in [-0.2, -0.15) is 0 Å². The van der Waals surface area contributed by atoms with Gasteiger partial charge in [0.2, 0.25) is 0 Å². The first kappa shape index (κ1) is 16.2. The number of anilines is 1. The van der Waals surface area contributed by atoms with Crippen molar-refractivity contribution in [1.29, 1.82) is 0 Å². The summed E-state index contributed by atoms with van der Waals surface area (Å²) in [6.45, 7) is 7.66. The first-order valence-corrected chi connectivity index (χ1v) is 8.46. The molecule has 0 amide bonds. The van der Waals surface area contributed by atoms with Crippen LogP contribution >= 0.6 is 0 Å². The van der Waals surface area contributed by atoms with Gasteiger partial charge >= 0.3 is 0 Å². The molecule has 0 spiro atoms. The highest BCUT2D eigenvalue weighted by Crippen LogP contribution is 2.24. The van der Waals surface area contributed by atoms with Gasteiger partial charge in [-0.1, -0.05) is 25.8 Å². The van der Waals surface area contributed by atoms with Crippen LogP contribution in [0.1, 0.15) is 51.5 Å². The molecule has 1 aliphatic rings. The van der Waals surface area contributed by atoms with Crippen molar-refractivity contribution in [2.24, 2.45) is 0 Å². The summed E-state index contributed by atoms with van der Waals surface area (Å²) in [5.41, 5.74) is 8.18. The molecule has 1 atom stereocenters. The molecular formula is C18H30N2O. The van der Waals surface area contributed by atoms with Crippen molar-refractivity contribution < 1.29 is 4.74 Å². The number of nitrogens with two attached hydrogens (primary N) is 1. The van der Waals surface area contributed by atoms with Crippen LogP contribution in [-0.4, -0.2) is 30.6 Å². The number of nitrogen functional groups attached to an aromatic ring is 1. The molecule has 1 heterocycles. The molecule has 1 aromatic rings. The molecule has 3 heteroatoms. The minimum absolute atomic E-state index is 0.588. The number of benzene rings is 1. The SMILES string of the molecule is CCCOc1ccc(CC(C)N2CCCCCC2)cc1N. The summed E-state index contributed by atoms with van der Waals surface area (Å²) >= 11 is 0. The summed E-state index contributed by atoms with van der Waals surface area (Å²) in [5, 5.41) is 0. The second-order valence-electron chi connectivity index (χ2n) is 6.22. The maximum atomic E-state index is 6.10. The molecule has 0 bridgehead atoms. The second kappa shape index (κ2) is 8.28. The molecule has 0 aromatic heterocycles. The smallest absolute Gasteiger partial charge is 0.142 e. The molecule has 0 aliphatic carbocycles. The van der Waals surface area contributed by atoms with Gasteiger partial charge in [-0.25, -0.2) is 0 Å². The van der Waals surface area contributed by atoms with Gasteiger partial charge in [0.15, 0.2) is 0 Å². The van der Waals surface area contributed by atoms with Crippen molar-refractivity contribution in [2.75, 3.05) is 25.4 Å². The molecular weight excluding hydrogens is 260 g/mol. The Balaban J connectivity index is 1.93. The summed E-state index contributed by atoms with van der Waals surface area (Å²) in [4.78, 5) is 2.63. The number of hydrogen-bond acceptors (Lipinski definition) is 3. The van der Waals surface area contributed by atoms with Crippen LogP contribution in [0.15, 0.2) is 18.2 Å². The van der Waals surface area contributed by atoms with Gasteiger partial charge in [0.05, 0.1) is 12.3 Å². The zero-order chi connectivity index (χ0) is 15.1. The van der Waals surface area contributed by atoms with Crippen LogP contribution in [0.25, 0.3) is 0 Å². The van der Waals surface area contributed by atoms with Crippen LogP contribution in [0, 0.1) is 0 Å². The molecule has 2 N–H and O–H groups in total. The first-order chi connectivity index (χ1) is 10.2. The zero-order valence-corrected chi connectivity index (χ0v) is 13.6. The molecule has 1 aliphatic heterocycles. The largest absolute Gasteiger partial charge is 0.491 e. The van der Waals surface area contributed by atoms with E-state index in [1.807, 2.05) is 6.07 Å². The minimum Gasteiger partial charge on any atom is -0.491 e. The number of ether oxygens (including phenoxy) is 1. The Morgan fingerprint density at radius 1 is 1.19 bits per heavy atom. The van der Waals surface area contributed by atoms with Crippen LogP contribution in [0.3, 0.4) is 0 Å². The van der Waals surface area contributed by atoms with E-state index in [9.17, 15) is 0 Å². The average Bonchev–Trinajstić information content (AvgIpc) is 2.75. The van der Waals surface area contributed by atoms with Crippen LogP contribution < -0.4 is 10.5 Å². The van der Waals surface area contributed by atoms with E-state index in [0.717, 1.165) is 30.9 Å². The molecule has 0 radical (unpaired) electrons. The molecule has 0 saturated carbocycles. The van der Waals surface area contributed by atoms with E-state index in [0.29, 0.717) is 6.04 Å². The average molecular weight is 290 g/mol. The number of hydrogen-bond donors (Lipinski definition) is 1. The summed E-state index contributed by atoms with van der Waals surface area (Å²) < 4.78 is 5.64. The van der Waals surface area contributed by atoms with Gasteiger partial charge < -0.3 is 15.4 Å². The zero-order valence-electron chi connectivity index (χ0n) is 13.6. The topological polar surface area (TPSA) is 38.5 Å². The molecule has 21 heavy (non-hydrogen) atoms. The number of rotatable bonds is 6. The Bertz CT molecular complexity index is 425. The Hall–Kier alpha value is -1.22. The lowest BCUT2D eigenvalue weighted by Crippen LogP contribution is -2.35. The second-order valence-corrected chi connectivity index (χ2v) is 6.22. The van der Waals surface area contributed by atoms with Gasteiger partial charge in [-0.15, -0.1) is 0 Å². The highest BCUT2D eigenvalue weighted by molar-refractivity contribution is 5.54. The van der Waals surface area contributed by atoms with Crippen LogP contribution in [-0.2, 0) is 6.42 Å². The number of nitrogens with zero attached hydrogens (tertiary/aromatic N) is 1. The van der Waals surface area contributed by atoms with E-state index in [4.69, 9.17) is 10.5 Å². The maximum absolute atomic E-state index is 6.10. The van der Waals surface area contributed by atoms with E-state index in [2.05, 4.69) is 30.9 Å². The van der Waals surface area contributed by atoms with Crippen LogP contribution in [0.4, 0.5) is 5.69 Å². The van der Waals surface area contributed by atoms with Gasteiger partial charge in [0.1, 0.15) is 5.75 Å². The highest BCUT2D eigenvalue weighted by Gasteiger charge is 2.16. The summed E-state index contributed by atoms with van der Waals surface area (Å²) in [6, 6.07) is 6.86. The normalized spacial score (nSPS) is 18.2. The lowest BCUT2D eigenvalue weighted by Gasteiger charge is -2.27. The third-order valence-electron chi connectivity index (χ3n) is 4.33.